The van der Waals surface area contributed by atoms with Crippen LogP contribution in [0, 0.1) is 0 Å². The van der Waals surface area contributed by atoms with Gasteiger partial charge in [0.2, 0.25) is 15.9 Å². The van der Waals surface area contributed by atoms with E-state index in [1.165, 1.54) is 4.31 Å². The number of amides is 1. The Balaban J connectivity index is 1.42. The van der Waals surface area contributed by atoms with Crippen LogP contribution in [0.4, 0.5) is 5.69 Å². The molecule has 0 saturated carbocycles. The lowest BCUT2D eigenvalue weighted by Gasteiger charge is -2.36. The minimum atomic E-state index is -3.41. The highest BCUT2D eigenvalue weighted by molar-refractivity contribution is 7.89. The molecule has 1 heterocycles. The number of rotatable bonds is 9. The van der Waals surface area contributed by atoms with Gasteiger partial charge in [0.05, 0.1) is 18.6 Å². The Labute approximate surface area is 178 Å². The second-order valence-electron chi connectivity index (χ2n) is 7.21. The van der Waals surface area contributed by atoms with Crippen LogP contribution in [0.1, 0.15) is 12.0 Å². The average molecular weight is 432 g/mol. The summed E-state index contributed by atoms with van der Waals surface area (Å²) in [6.07, 6.45) is 0.992. The number of anilines is 1. The maximum absolute atomic E-state index is 12.6. The lowest BCUT2D eigenvalue weighted by molar-refractivity contribution is -0.120. The molecule has 1 N–H and O–H groups in total. The number of methoxy groups -OCH3 is 1. The molecule has 0 radical (unpaired) electrons. The zero-order valence-electron chi connectivity index (χ0n) is 17.3. The third-order valence-corrected chi connectivity index (χ3v) is 7.10. The van der Waals surface area contributed by atoms with Crippen LogP contribution >= 0.6 is 0 Å². The first-order chi connectivity index (χ1) is 14.5. The standard InChI is InChI=1S/C22H29N3O4S/c1-29-21-10-6-5-9-20(21)24-14-16-25(17-15-24)30(27,28)18-13-23-22(26)12-11-19-7-3-2-4-8-19/h2-10H,11-18H2,1H3,(H,23,26). The van der Waals surface area contributed by atoms with Crippen molar-refractivity contribution < 1.29 is 17.9 Å². The van der Waals surface area contributed by atoms with E-state index in [-0.39, 0.29) is 18.2 Å². The van der Waals surface area contributed by atoms with Crippen molar-refractivity contribution in [1.29, 1.82) is 0 Å². The highest BCUT2D eigenvalue weighted by Gasteiger charge is 2.27. The lowest BCUT2D eigenvalue weighted by Crippen LogP contribution is -2.50. The fraction of sp³-hybridized carbons (Fsp3) is 0.409. The maximum Gasteiger partial charge on any atom is 0.220 e. The van der Waals surface area contributed by atoms with E-state index in [0.717, 1.165) is 17.0 Å². The molecule has 1 fully saturated rings. The number of sulfonamides is 1. The number of ether oxygens (including phenoxy) is 1. The molecule has 7 nitrogen and oxygen atoms in total. The summed E-state index contributed by atoms with van der Waals surface area (Å²) in [6.45, 7) is 2.17. The largest absolute Gasteiger partial charge is 0.495 e. The smallest absolute Gasteiger partial charge is 0.220 e. The van der Waals surface area contributed by atoms with Crippen molar-refractivity contribution in [2.45, 2.75) is 12.8 Å². The van der Waals surface area contributed by atoms with Gasteiger partial charge in [-0.3, -0.25) is 4.79 Å². The van der Waals surface area contributed by atoms with Crippen molar-refractivity contribution in [3.8, 4) is 5.75 Å². The molecule has 0 bridgehead atoms. The van der Waals surface area contributed by atoms with Crippen molar-refractivity contribution in [2.75, 3.05) is 50.5 Å². The number of para-hydroxylation sites is 2. The number of piperazine rings is 1. The lowest BCUT2D eigenvalue weighted by atomic mass is 10.1. The molecule has 1 saturated heterocycles. The molecule has 0 aliphatic carbocycles. The fourth-order valence-corrected chi connectivity index (χ4v) is 4.88. The van der Waals surface area contributed by atoms with Crippen LogP contribution in [0.5, 0.6) is 5.75 Å². The van der Waals surface area contributed by atoms with Crippen molar-refractivity contribution in [1.82, 2.24) is 9.62 Å². The van der Waals surface area contributed by atoms with E-state index < -0.39 is 10.0 Å². The minimum Gasteiger partial charge on any atom is -0.495 e. The van der Waals surface area contributed by atoms with E-state index in [1.807, 2.05) is 54.6 Å². The molecule has 1 aliphatic rings. The number of carbonyl (C=O) groups excluding carboxylic acids is 1. The Morgan fingerprint density at radius 1 is 1.00 bits per heavy atom. The van der Waals surface area contributed by atoms with Gasteiger partial charge in [-0.05, 0) is 24.1 Å². The Kier molecular flexibility index (Phi) is 7.70. The molecule has 1 amide bonds. The van der Waals surface area contributed by atoms with Crippen LogP contribution in [-0.4, -0.2) is 64.2 Å². The van der Waals surface area contributed by atoms with Gasteiger partial charge in [0.15, 0.2) is 0 Å². The Bertz CT molecular complexity index is 926. The van der Waals surface area contributed by atoms with Crippen LogP contribution in [0.2, 0.25) is 0 Å². The van der Waals surface area contributed by atoms with Crippen LogP contribution < -0.4 is 15.0 Å². The Morgan fingerprint density at radius 3 is 2.37 bits per heavy atom. The molecule has 0 spiro atoms. The summed E-state index contributed by atoms with van der Waals surface area (Å²) >= 11 is 0. The molecule has 2 aromatic rings. The van der Waals surface area contributed by atoms with Crippen molar-refractivity contribution in [3.05, 3.63) is 60.2 Å². The van der Waals surface area contributed by atoms with E-state index >= 15 is 0 Å². The number of hydrogen-bond donors (Lipinski definition) is 1. The van der Waals surface area contributed by atoms with Gasteiger partial charge in [-0.15, -0.1) is 0 Å². The summed E-state index contributed by atoms with van der Waals surface area (Å²) in [5.74, 6) is 0.570. The first-order valence-corrected chi connectivity index (χ1v) is 11.8. The number of hydrogen-bond acceptors (Lipinski definition) is 5. The van der Waals surface area contributed by atoms with Crippen LogP contribution in [0.3, 0.4) is 0 Å². The number of aryl methyl sites for hydroxylation is 1. The number of carbonyl (C=O) groups is 1. The Hall–Kier alpha value is -2.58. The van der Waals surface area contributed by atoms with Gasteiger partial charge in [0, 0.05) is 39.1 Å². The number of benzene rings is 2. The predicted molar refractivity (Wildman–Crippen MR) is 118 cm³/mol. The second kappa shape index (κ2) is 10.4. The first-order valence-electron chi connectivity index (χ1n) is 10.2. The molecule has 0 aromatic heterocycles. The summed E-state index contributed by atoms with van der Waals surface area (Å²) in [4.78, 5) is 14.1. The van der Waals surface area contributed by atoms with Crippen molar-refractivity contribution in [2.24, 2.45) is 0 Å². The highest BCUT2D eigenvalue weighted by Crippen LogP contribution is 2.28. The predicted octanol–water partition coefficient (Wildman–Crippen LogP) is 1.90. The van der Waals surface area contributed by atoms with Gasteiger partial charge in [-0.1, -0.05) is 42.5 Å². The molecule has 0 unspecified atom stereocenters. The molecule has 0 atom stereocenters. The van der Waals surface area contributed by atoms with Crippen molar-refractivity contribution >= 4 is 21.6 Å². The molecule has 3 rings (SSSR count). The van der Waals surface area contributed by atoms with Gasteiger partial charge >= 0.3 is 0 Å². The molecule has 8 heteroatoms. The zero-order chi connectivity index (χ0) is 21.4. The topological polar surface area (TPSA) is 79.0 Å². The second-order valence-corrected chi connectivity index (χ2v) is 9.30. The van der Waals surface area contributed by atoms with E-state index in [4.69, 9.17) is 4.74 Å². The Morgan fingerprint density at radius 2 is 1.67 bits per heavy atom. The van der Waals surface area contributed by atoms with E-state index in [9.17, 15) is 13.2 Å². The quantitative estimate of drug-likeness (QED) is 0.656. The molecule has 162 valence electrons. The molecule has 2 aromatic carbocycles. The van der Waals surface area contributed by atoms with E-state index in [1.54, 1.807) is 7.11 Å². The maximum atomic E-state index is 12.6. The monoisotopic (exact) mass is 431 g/mol. The minimum absolute atomic E-state index is 0.0846. The van der Waals surface area contributed by atoms with Crippen LogP contribution in [0.25, 0.3) is 0 Å². The molecular formula is C22H29N3O4S. The van der Waals surface area contributed by atoms with Gasteiger partial charge in [-0.2, -0.15) is 4.31 Å². The first kappa shape index (κ1) is 22.1. The number of nitrogens with zero attached hydrogens (tertiary/aromatic N) is 2. The van der Waals surface area contributed by atoms with E-state index in [0.29, 0.717) is 39.0 Å². The summed E-state index contributed by atoms with van der Waals surface area (Å²) in [6, 6.07) is 17.5. The molecule has 30 heavy (non-hydrogen) atoms. The third kappa shape index (κ3) is 5.96. The SMILES string of the molecule is COc1ccccc1N1CCN(S(=O)(=O)CCNC(=O)CCc2ccccc2)CC1. The van der Waals surface area contributed by atoms with Crippen LogP contribution in [0.15, 0.2) is 54.6 Å². The highest BCUT2D eigenvalue weighted by atomic mass is 32.2. The van der Waals surface area contributed by atoms with Gasteiger partial charge in [-0.25, -0.2) is 8.42 Å². The van der Waals surface area contributed by atoms with E-state index in [2.05, 4.69) is 10.2 Å². The summed E-state index contributed by atoms with van der Waals surface area (Å²) in [5.41, 5.74) is 2.07. The molecule has 1 aliphatic heterocycles. The average Bonchev–Trinajstić information content (AvgIpc) is 2.78. The van der Waals surface area contributed by atoms with Gasteiger partial charge in [0.1, 0.15) is 5.75 Å². The zero-order valence-corrected chi connectivity index (χ0v) is 18.1. The molecular weight excluding hydrogens is 402 g/mol. The summed E-state index contributed by atoms with van der Waals surface area (Å²) in [5, 5.41) is 2.73. The fourth-order valence-electron chi connectivity index (χ4n) is 3.54. The number of nitrogens with one attached hydrogen (secondary N) is 1. The third-order valence-electron chi connectivity index (χ3n) is 5.22. The summed E-state index contributed by atoms with van der Waals surface area (Å²) in [7, 11) is -1.77. The van der Waals surface area contributed by atoms with Gasteiger partial charge in [0.25, 0.3) is 0 Å². The van der Waals surface area contributed by atoms with Gasteiger partial charge < -0.3 is 15.0 Å². The normalized spacial score (nSPS) is 15.0. The van der Waals surface area contributed by atoms with Crippen molar-refractivity contribution in [3.63, 3.8) is 0 Å². The van der Waals surface area contributed by atoms with Crippen LogP contribution in [-0.2, 0) is 21.2 Å². The summed E-state index contributed by atoms with van der Waals surface area (Å²) < 4.78 is 32.2.